The predicted octanol–water partition coefficient (Wildman–Crippen LogP) is 3.51. The molecule has 0 spiro atoms. The van der Waals surface area contributed by atoms with E-state index in [1.54, 1.807) is 13.0 Å². The quantitative estimate of drug-likeness (QED) is 0.504. The lowest BCUT2D eigenvalue weighted by atomic mass is 10.0. The highest BCUT2D eigenvalue weighted by Crippen LogP contribution is 2.33. The minimum Gasteiger partial charge on any atom is -0.494 e. The molecule has 0 amide bonds. The van der Waals surface area contributed by atoms with Crippen LogP contribution in [0.5, 0.6) is 5.88 Å². The molecular formula is C19H18N4O4. The highest BCUT2D eigenvalue weighted by molar-refractivity contribution is 5.87. The van der Waals surface area contributed by atoms with E-state index in [-0.39, 0.29) is 28.7 Å². The molecule has 8 nitrogen and oxygen atoms in total. The molecule has 27 heavy (non-hydrogen) atoms. The van der Waals surface area contributed by atoms with Gasteiger partial charge in [-0.1, -0.05) is 18.9 Å². The first-order valence-corrected chi connectivity index (χ1v) is 8.60. The third-order valence-corrected chi connectivity index (χ3v) is 4.87. The second kappa shape index (κ2) is 7.41. The van der Waals surface area contributed by atoms with Gasteiger partial charge in [-0.25, -0.2) is 0 Å². The maximum atomic E-state index is 12.6. The van der Waals surface area contributed by atoms with Gasteiger partial charge in [-0.2, -0.15) is 5.26 Å². The third-order valence-electron chi connectivity index (χ3n) is 4.87. The smallest absolute Gasteiger partial charge is 0.271 e. The first-order valence-electron chi connectivity index (χ1n) is 8.60. The van der Waals surface area contributed by atoms with Crippen LogP contribution in [0.1, 0.15) is 48.4 Å². The number of benzene rings is 1. The van der Waals surface area contributed by atoms with Crippen LogP contribution in [0.25, 0.3) is 0 Å². The fraction of sp³-hybridized carbons (Fsp3) is 0.316. The molecule has 0 aliphatic heterocycles. The summed E-state index contributed by atoms with van der Waals surface area (Å²) >= 11 is 0. The van der Waals surface area contributed by atoms with Crippen molar-refractivity contribution in [3.05, 3.63) is 61.4 Å². The number of hydrogen-bond acceptors (Lipinski definition) is 6. The lowest BCUT2D eigenvalue weighted by Gasteiger charge is -2.19. The van der Waals surface area contributed by atoms with Gasteiger partial charge in [0.15, 0.2) is 0 Å². The summed E-state index contributed by atoms with van der Waals surface area (Å²) in [6.45, 7) is 1.58. The summed E-state index contributed by atoms with van der Waals surface area (Å²) in [5.74, 6) is -0.224. The van der Waals surface area contributed by atoms with Crippen LogP contribution >= 0.6 is 0 Å². The van der Waals surface area contributed by atoms with Crippen LogP contribution in [0.3, 0.4) is 0 Å². The van der Waals surface area contributed by atoms with Crippen molar-refractivity contribution in [1.29, 1.82) is 5.26 Å². The van der Waals surface area contributed by atoms with E-state index in [1.807, 2.05) is 6.07 Å². The van der Waals surface area contributed by atoms with Gasteiger partial charge >= 0.3 is 0 Å². The van der Waals surface area contributed by atoms with Gasteiger partial charge in [0.1, 0.15) is 11.6 Å². The number of nitrogens with zero attached hydrogens (tertiary/aromatic N) is 4. The first kappa shape index (κ1) is 18.3. The van der Waals surface area contributed by atoms with Gasteiger partial charge in [-0.05, 0) is 31.4 Å². The molecule has 1 aromatic heterocycles. The standard InChI is InChI=1S/C19H18N4O4/c1-12-16(10-20)18(24)22(14-6-2-3-7-14)19(25)17(12)11-21-13-5-4-8-15(9-13)23(26)27/h4-5,8-9,11,14,25H,2-3,6-7H2,1H3. The Balaban J connectivity index is 2.11. The molecule has 1 heterocycles. The van der Waals surface area contributed by atoms with Gasteiger partial charge in [0.05, 0.1) is 16.2 Å². The number of aromatic hydroxyl groups is 1. The topological polar surface area (TPSA) is 122 Å². The highest BCUT2D eigenvalue weighted by atomic mass is 16.6. The van der Waals surface area contributed by atoms with Crippen LogP contribution in [0.15, 0.2) is 34.1 Å². The van der Waals surface area contributed by atoms with Crippen LogP contribution in [-0.4, -0.2) is 20.8 Å². The van der Waals surface area contributed by atoms with Crippen LogP contribution in [0.4, 0.5) is 11.4 Å². The molecule has 1 aliphatic rings. The lowest BCUT2D eigenvalue weighted by Crippen LogP contribution is -2.28. The Morgan fingerprint density at radius 1 is 1.41 bits per heavy atom. The molecule has 3 rings (SSSR count). The highest BCUT2D eigenvalue weighted by Gasteiger charge is 2.25. The number of nitriles is 1. The molecule has 0 bridgehead atoms. The molecule has 1 aromatic carbocycles. The van der Waals surface area contributed by atoms with Crippen molar-refractivity contribution in [3.8, 4) is 11.9 Å². The number of non-ortho nitro benzene ring substituents is 1. The summed E-state index contributed by atoms with van der Waals surface area (Å²) in [5, 5.41) is 31.0. The zero-order valence-electron chi connectivity index (χ0n) is 14.8. The summed E-state index contributed by atoms with van der Waals surface area (Å²) < 4.78 is 1.29. The fourth-order valence-corrected chi connectivity index (χ4v) is 3.42. The number of aromatic nitrogens is 1. The van der Waals surface area contributed by atoms with Crippen LogP contribution in [-0.2, 0) is 0 Å². The SMILES string of the molecule is Cc1c(C=Nc2cccc([N+](=O)[O-])c2)c(O)n(C2CCCC2)c(=O)c1C#N. The normalized spacial score (nSPS) is 14.5. The van der Waals surface area contributed by atoms with Crippen LogP contribution < -0.4 is 5.56 Å². The maximum absolute atomic E-state index is 12.6. The van der Waals surface area contributed by atoms with Crippen molar-refractivity contribution < 1.29 is 10.0 Å². The van der Waals surface area contributed by atoms with Crippen molar-refractivity contribution in [2.24, 2.45) is 4.99 Å². The Kier molecular flexibility index (Phi) is 5.03. The Labute approximate surface area is 155 Å². The minimum atomic E-state index is -0.518. The van der Waals surface area contributed by atoms with E-state index in [4.69, 9.17) is 0 Å². The molecule has 1 saturated carbocycles. The molecule has 138 valence electrons. The van der Waals surface area contributed by atoms with Crippen LogP contribution in [0.2, 0.25) is 0 Å². The molecule has 8 heteroatoms. The fourth-order valence-electron chi connectivity index (χ4n) is 3.42. The average Bonchev–Trinajstić information content (AvgIpc) is 3.16. The molecule has 0 atom stereocenters. The summed E-state index contributed by atoms with van der Waals surface area (Å²) in [4.78, 5) is 27.2. The largest absolute Gasteiger partial charge is 0.494 e. The molecule has 0 unspecified atom stereocenters. The molecular weight excluding hydrogens is 348 g/mol. The summed E-state index contributed by atoms with van der Waals surface area (Å²) in [5.41, 5.74) is 0.319. The predicted molar refractivity (Wildman–Crippen MR) is 99.7 cm³/mol. The Bertz CT molecular complexity index is 1030. The van der Waals surface area contributed by atoms with Gasteiger partial charge in [0.25, 0.3) is 11.2 Å². The number of nitro benzene ring substituents is 1. The molecule has 2 aromatic rings. The molecule has 1 aliphatic carbocycles. The summed E-state index contributed by atoms with van der Waals surface area (Å²) in [7, 11) is 0. The number of pyridine rings is 1. The van der Waals surface area contributed by atoms with Crippen molar-refractivity contribution in [3.63, 3.8) is 0 Å². The second-order valence-corrected chi connectivity index (χ2v) is 6.50. The number of hydrogen-bond donors (Lipinski definition) is 1. The monoisotopic (exact) mass is 366 g/mol. The second-order valence-electron chi connectivity index (χ2n) is 6.50. The van der Waals surface area contributed by atoms with Gasteiger partial charge in [-0.3, -0.25) is 24.5 Å². The van der Waals surface area contributed by atoms with Gasteiger partial charge < -0.3 is 5.11 Å². The summed E-state index contributed by atoms with van der Waals surface area (Å²) in [6.07, 6.45) is 4.80. The van der Waals surface area contributed by atoms with E-state index >= 15 is 0 Å². The van der Waals surface area contributed by atoms with Crippen molar-refractivity contribution in [1.82, 2.24) is 4.57 Å². The molecule has 0 radical (unpaired) electrons. The van der Waals surface area contributed by atoms with E-state index in [1.165, 1.54) is 29.0 Å². The third kappa shape index (κ3) is 3.44. The van der Waals surface area contributed by atoms with Crippen molar-refractivity contribution >= 4 is 17.6 Å². The molecule has 0 saturated heterocycles. The number of nitro groups is 1. The van der Waals surface area contributed by atoms with E-state index < -0.39 is 10.5 Å². The van der Waals surface area contributed by atoms with Crippen LogP contribution in [0, 0.1) is 28.4 Å². The van der Waals surface area contributed by atoms with Gasteiger partial charge in [0.2, 0.25) is 5.88 Å². The van der Waals surface area contributed by atoms with E-state index in [2.05, 4.69) is 4.99 Å². The van der Waals surface area contributed by atoms with Gasteiger partial charge in [-0.15, -0.1) is 0 Å². The van der Waals surface area contributed by atoms with E-state index in [9.17, 15) is 25.3 Å². The number of rotatable bonds is 4. The number of aliphatic imine (C=N–C) groups is 1. The summed E-state index contributed by atoms with van der Waals surface area (Å²) in [6, 6.07) is 7.54. The zero-order valence-corrected chi connectivity index (χ0v) is 14.8. The first-order chi connectivity index (χ1) is 12.9. The van der Waals surface area contributed by atoms with Gasteiger partial charge in [0, 0.05) is 24.4 Å². The zero-order chi connectivity index (χ0) is 19.6. The molecule has 1 fully saturated rings. The average molecular weight is 366 g/mol. The Hall–Kier alpha value is -3.47. The Morgan fingerprint density at radius 3 is 2.74 bits per heavy atom. The maximum Gasteiger partial charge on any atom is 0.271 e. The molecule has 1 N–H and O–H groups in total. The minimum absolute atomic E-state index is 0.0276. The van der Waals surface area contributed by atoms with Crippen molar-refractivity contribution in [2.45, 2.75) is 38.6 Å². The van der Waals surface area contributed by atoms with E-state index in [0.29, 0.717) is 11.3 Å². The lowest BCUT2D eigenvalue weighted by molar-refractivity contribution is -0.384. The Morgan fingerprint density at radius 2 is 2.11 bits per heavy atom. The van der Waals surface area contributed by atoms with E-state index in [0.717, 1.165) is 25.7 Å². The van der Waals surface area contributed by atoms with Crippen molar-refractivity contribution in [2.75, 3.05) is 0 Å².